The fourth-order valence-electron chi connectivity index (χ4n) is 3.58. The number of carbonyl (C=O) groups excluding carboxylic acids is 1. The van der Waals surface area contributed by atoms with Gasteiger partial charge in [0.1, 0.15) is 17.3 Å². The summed E-state index contributed by atoms with van der Waals surface area (Å²) in [7, 11) is 0. The minimum absolute atomic E-state index is 0.0797. The van der Waals surface area contributed by atoms with Gasteiger partial charge in [0.15, 0.2) is 0 Å². The molecule has 0 saturated carbocycles. The van der Waals surface area contributed by atoms with Crippen molar-refractivity contribution in [3.8, 4) is 0 Å². The second kappa shape index (κ2) is 6.26. The topological polar surface area (TPSA) is 52.2 Å². The van der Waals surface area contributed by atoms with E-state index in [0.29, 0.717) is 26.2 Å². The molecule has 0 bridgehead atoms. The predicted octanol–water partition coefficient (Wildman–Crippen LogP) is 2.39. The van der Waals surface area contributed by atoms with Crippen molar-refractivity contribution in [2.45, 2.75) is 25.7 Å². The van der Waals surface area contributed by atoms with Gasteiger partial charge in [-0.3, -0.25) is 4.79 Å². The maximum atomic E-state index is 13.0. The molecule has 24 heavy (non-hydrogen) atoms. The van der Waals surface area contributed by atoms with Crippen molar-refractivity contribution in [3.63, 3.8) is 0 Å². The zero-order chi connectivity index (χ0) is 16.5. The highest BCUT2D eigenvalue weighted by Gasteiger charge is 2.25. The molecule has 3 heterocycles. The van der Waals surface area contributed by atoms with Crippen molar-refractivity contribution >= 4 is 11.7 Å². The molecule has 1 aliphatic carbocycles. The first-order chi connectivity index (χ1) is 11.7. The predicted molar refractivity (Wildman–Crippen MR) is 89.7 cm³/mol. The summed E-state index contributed by atoms with van der Waals surface area (Å²) in [5, 5.41) is 0. The molecule has 2 aromatic heterocycles. The SMILES string of the molecule is O=C(c1cc2c([nH]1)CCCC2)N1CCN(c2ccc(F)cn2)CC1. The molecular weight excluding hydrogens is 307 g/mol. The van der Waals surface area contributed by atoms with Gasteiger partial charge in [-0.25, -0.2) is 9.37 Å². The van der Waals surface area contributed by atoms with Gasteiger partial charge in [0.2, 0.25) is 0 Å². The van der Waals surface area contributed by atoms with E-state index in [1.54, 1.807) is 6.07 Å². The summed E-state index contributed by atoms with van der Waals surface area (Å²) in [6.45, 7) is 2.73. The average Bonchev–Trinajstić information content (AvgIpc) is 3.06. The Morgan fingerprint density at radius 3 is 2.62 bits per heavy atom. The van der Waals surface area contributed by atoms with Crippen LogP contribution in [-0.4, -0.2) is 47.0 Å². The van der Waals surface area contributed by atoms with E-state index >= 15 is 0 Å². The molecule has 2 aliphatic rings. The minimum atomic E-state index is -0.330. The Morgan fingerprint density at radius 1 is 1.12 bits per heavy atom. The quantitative estimate of drug-likeness (QED) is 0.921. The lowest BCUT2D eigenvalue weighted by Gasteiger charge is -2.35. The van der Waals surface area contributed by atoms with Gasteiger partial charge in [-0.2, -0.15) is 0 Å². The van der Waals surface area contributed by atoms with Gasteiger partial charge >= 0.3 is 0 Å². The lowest BCUT2D eigenvalue weighted by atomic mass is 9.98. The summed E-state index contributed by atoms with van der Waals surface area (Å²) in [4.78, 5) is 24.1. The van der Waals surface area contributed by atoms with Gasteiger partial charge in [0, 0.05) is 31.9 Å². The van der Waals surface area contributed by atoms with Crippen molar-refractivity contribution in [2.75, 3.05) is 31.1 Å². The lowest BCUT2D eigenvalue weighted by molar-refractivity contribution is 0.0741. The number of aryl methyl sites for hydroxylation is 2. The molecule has 5 nitrogen and oxygen atoms in total. The van der Waals surface area contributed by atoms with Crippen LogP contribution >= 0.6 is 0 Å². The number of pyridine rings is 1. The summed E-state index contributed by atoms with van der Waals surface area (Å²) in [5.74, 6) is 0.512. The molecular formula is C18H21FN4O. The number of hydrogen-bond donors (Lipinski definition) is 1. The zero-order valence-corrected chi connectivity index (χ0v) is 13.6. The van der Waals surface area contributed by atoms with Crippen LogP contribution in [0.3, 0.4) is 0 Å². The van der Waals surface area contributed by atoms with Crippen LogP contribution < -0.4 is 4.90 Å². The lowest BCUT2D eigenvalue weighted by Crippen LogP contribution is -2.49. The van der Waals surface area contributed by atoms with Gasteiger partial charge in [0.25, 0.3) is 5.91 Å². The smallest absolute Gasteiger partial charge is 0.270 e. The molecule has 1 aliphatic heterocycles. The summed E-state index contributed by atoms with van der Waals surface area (Å²) in [5.41, 5.74) is 3.26. The first kappa shape index (κ1) is 15.2. The molecule has 4 rings (SSSR count). The summed E-state index contributed by atoms with van der Waals surface area (Å²) in [6.07, 6.45) is 5.76. The van der Waals surface area contributed by atoms with Crippen LogP contribution in [0.15, 0.2) is 24.4 Å². The van der Waals surface area contributed by atoms with Gasteiger partial charge in [-0.1, -0.05) is 0 Å². The number of amides is 1. The molecule has 1 N–H and O–H groups in total. The third-order valence-corrected chi connectivity index (χ3v) is 4.95. The summed E-state index contributed by atoms with van der Waals surface area (Å²) >= 11 is 0. The number of nitrogens with zero attached hydrogens (tertiary/aromatic N) is 3. The highest BCUT2D eigenvalue weighted by molar-refractivity contribution is 5.93. The number of piperazine rings is 1. The molecule has 126 valence electrons. The molecule has 6 heteroatoms. The van der Waals surface area contributed by atoms with Gasteiger partial charge < -0.3 is 14.8 Å². The van der Waals surface area contributed by atoms with Crippen molar-refractivity contribution in [1.82, 2.24) is 14.9 Å². The number of fused-ring (bicyclic) bond motifs is 1. The van der Waals surface area contributed by atoms with E-state index in [1.165, 1.54) is 36.4 Å². The van der Waals surface area contributed by atoms with Crippen molar-refractivity contribution in [1.29, 1.82) is 0 Å². The Bertz CT molecular complexity index is 708. The maximum absolute atomic E-state index is 13.0. The van der Waals surface area contributed by atoms with E-state index in [0.717, 1.165) is 24.4 Å². The first-order valence-electron chi connectivity index (χ1n) is 8.57. The molecule has 0 spiro atoms. The van der Waals surface area contributed by atoms with Crippen LogP contribution in [0.5, 0.6) is 0 Å². The largest absolute Gasteiger partial charge is 0.354 e. The third-order valence-electron chi connectivity index (χ3n) is 4.95. The van der Waals surface area contributed by atoms with Crippen molar-refractivity contribution < 1.29 is 9.18 Å². The monoisotopic (exact) mass is 328 g/mol. The van der Waals surface area contributed by atoms with E-state index < -0.39 is 0 Å². The number of anilines is 1. The van der Waals surface area contributed by atoms with E-state index in [9.17, 15) is 9.18 Å². The highest BCUT2D eigenvalue weighted by atomic mass is 19.1. The maximum Gasteiger partial charge on any atom is 0.270 e. The van der Waals surface area contributed by atoms with Crippen molar-refractivity contribution in [3.05, 3.63) is 47.2 Å². The Morgan fingerprint density at radius 2 is 1.92 bits per heavy atom. The van der Waals surface area contributed by atoms with Crippen LogP contribution in [0.1, 0.15) is 34.6 Å². The molecule has 1 fully saturated rings. The molecule has 0 aromatic carbocycles. The van der Waals surface area contributed by atoms with Gasteiger partial charge in [0.05, 0.1) is 6.20 Å². The van der Waals surface area contributed by atoms with Crippen LogP contribution in [0.25, 0.3) is 0 Å². The normalized spacial score (nSPS) is 17.7. The number of H-pyrrole nitrogens is 1. The van der Waals surface area contributed by atoms with E-state index in [-0.39, 0.29) is 11.7 Å². The number of rotatable bonds is 2. The fourth-order valence-corrected chi connectivity index (χ4v) is 3.58. The number of nitrogens with one attached hydrogen (secondary N) is 1. The van der Waals surface area contributed by atoms with Gasteiger partial charge in [-0.15, -0.1) is 0 Å². The van der Waals surface area contributed by atoms with Crippen molar-refractivity contribution in [2.24, 2.45) is 0 Å². The molecule has 0 radical (unpaired) electrons. The number of aromatic nitrogens is 2. The molecule has 0 unspecified atom stereocenters. The molecule has 0 atom stereocenters. The minimum Gasteiger partial charge on any atom is -0.354 e. The second-order valence-corrected chi connectivity index (χ2v) is 6.51. The standard InChI is InChI=1S/C18H21FN4O/c19-14-5-6-17(20-12-14)22-7-9-23(10-8-22)18(24)16-11-13-3-1-2-4-15(13)21-16/h5-6,11-12,21H,1-4,7-10H2. The van der Waals surface area contributed by atoms with Crippen LogP contribution in [-0.2, 0) is 12.8 Å². The van der Waals surface area contributed by atoms with Gasteiger partial charge in [-0.05, 0) is 49.4 Å². The Hall–Kier alpha value is -2.37. The molecule has 2 aromatic rings. The number of halogens is 1. The molecule has 1 saturated heterocycles. The number of aromatic amines is 1. The third kappa shape index (κ3) is 2.88. The first-order valence-corrected chi connectivity index (χ1v) is 8.57. The Labute approximate surface area is 140 Å². The summed E-state index contributed by atoms with van der Waals surface area (Å²) < 4.78 is 13.0. The van der Waals surface area contributed by atoms with E-state index in [2.05, 4.69) is 14.9 Å². The highest BCUT2D eigenvalue weighted by Crippen LogP contribution is 2.23. The van der Waals surface area contributed by atoms with Crippen LogP contribution in [0.4, 0.5) is 10.2 Å². The molecule has 1 amide bonds. The Kier molecular flexibility index (Phi) is 3.96. The average molecular weight is 328 g/mol. The fraction of sp³-hybridized carbons (Fsp3) is 0.444. The van der Waals surface area contributed by atoms with Crippen LogP contribution in [0.2, 0.25) is 0 Å². The second-order valence-electron chi connectivity index (χ2n) is 6.51. The number of hydrogen-bond acceptors (Lipinski definition) is 3. The zero-order valence-electron chi connectivity index (χ0n) is 13.6. The number of carbonyl (C=O) groups is 1. The van der Waals surface area contributed by atoms with E-state index in [4.69, 9.17) is 0 Å². The van der Waals surface area contributed by atoms with Crippen LogP contribution in [0, 0.1) is 5.82 Å². The summed E-state index contributed by atoms with van der Waals surface area (Å²) in [6, 6.07) is 5.14. The van der Waals surface area contributed by atoms with E-state index in [1.807, 2.05) is 11.0 Å². The Balaban J connectivity index is 1.41.